The number of hydrogen-bond acceptors (Lipinski definition) is 5. The van der Waals surface area contributed by atoms with Crippen LogP contribution in [0, 0.1) is 17.0 Å². The van der Waals surface area contributed by atoms with Crippen molar-refractivity contribution in [1.29, 1.82) is 0 Å². The number of aryl methyl sites for hydroxylation is 1. The van der Waals surface area contributed by atoms with Crippen molar-refractivity contribution in [1.82, 2.24) is 4.98 Å². The highest BCUT2D eigenvalue weighted by Crippen LogP contribution is 2.29. The molecule has 0 radical (unpaired) electrons. The Bertz CT molecular complexity index is 939. The first-order valence-electron chi connectivity index (χ1n) is 6.56. The maximum Gasteiger partial charge on any atom is 0.273 e. The van der Waals surface area contributed by atoms with Crippen molar-refractivity contribution in [3.8, 4) is 0 Å². The molecule has 1 aromatic heterocycles. The Kier molecular flexibility index (Phi) is 3.97. The van der Waals surface area contributed by atoms with Gasteiger partial charge in [-0.15, -0.1) is 0 Å². The number of fused-ring (bicyclic) bond motifs is 1. The average molecular weight is 348 g/mol. The zero-order valence-electron chi connectivity index (χ0n) is 11.9. The normalized spacial score (nSPS) is 10.7. The lowest BCUT2D eigenvalue weighted by Gasteiger charge is -2.03. The van der Waals surface area contributed by atoms with Gasteiger partial charge >= 0.3 is 0 Å². The molecule has 0 unspecified atom stereocenters. The Morgan fingerprint density at radius 2 is 2.09 bits per heavy atom. The summed E-state index contributed by atoms with van der Waals surface area (Å²) in [5, 5.41) is 14.6. The van der Waals surface area contributed by atoms with E-state index in [9.17, 15) is 14.9 Å². The van der Waals surface area contributed by atoms with Crippen molar-refractivity contribution in [3.63, 3.8) is 0 Å². The van der Waals surface area contributed by atoms with Crippen LogP contribution in [-0.4, -0.2) is 15.8 Å². The van der Waals surface area contributed by atoms with E-state index in [-0.39, 0.29) is 11.3 Å². The van der Waals surface area contributed by atoms with Crippen LogP contribution in [-0.2, 0) is 0 Å². The van der Waals surface area contributed by atoms with Crippen LogP contribution in [0.1, 0.15) is 15.9 Å². The minimum absolute atomic E-state index is 0.0891. The zero-order chi connectivity index (χ0) is 16.6. The standard InChI is InChI=1S/C15H10ClN3O3S/c1-8-2-3-9(6-12(8)19(21)22)14(20)18-15-17-11-5-4-10(16)7-13(11)23-15/h2-7H,1H3,(H,17,18,20). The largest absolute Gasteiger partial charge is 0.298 e. The topological polar surface area (TPSA) is 85.1 Å². The van der Waals surface area contributed by atoms with Crippen LogP contribution in [0.4, 0.5) is 10.8 Å². The number of nitrogens with zero attached hydrogens (tertiary/aromatic N) is 2. The fraction of sp³-hybridized carbons (Fsp3) is 0.0667. The summed E-state index contributed by atoms with van der Waals surface area (Å²) in [5.41, 5.74) is 1.35. The number of hydrogen-bond donors (Lipinski definition) is 1. The second-order valence-electron chi connectivity index (χ2n) is 4.84. The molecule has 116 valence electrons. The van der Waals surface area contributed by atoms with E-state index in [1.165, 1.54) is 17.4 Å². The molecule has 0 atom stereocenters. The first kappa shape index (κ1) is 15.4. The molecule has 0 spiro atoms. The molecule has 0 aliphatic carbocycles. The van der Waals surface area contributed by atoms with Gasteiger partial charge in [-0.25, -0.2) is 4.98 Å². The van der Waals surface area contributed by atoms with Crippen molar-refractivity contribution in [2.24, 2.45) is 0 Å². The van der Waals surface area contributed by atoms with Gasteiger partial charge in [-0.2, -0.15) is 0 Å². The van der Waals surface area contributed by atoms with Crippen molar-refractivity contribution in [2.45, 2.75) is 6.92 Å². The highest BCUT2D eigenvalue weighted by molar-refractivity contribution is 7.22. The zero-order valence-corrected chi connectivity index (χ0v) is 13.4. The summed E-state index contributed by atoms with van der Waals surface area (Å²) in [4.78, 5) is 27.0. The SMILES string of the molecule is Cc1ccc(C(=O)Nc2nc3ccc(Cl)cc3s2)cc1[N+](=O)[O-]. The van der Waals surface area contributed by atoms with Gasteiger partial charge in [-0.1, -0.05) is 29.0 Å². The molecular weight excluding hydrogens is 338 g/mol. The summed E-state index contributed by atoms with van der Waals surface area (Å²) >= 11 is 7.21. The Hall–Kier alpha value is -2.51. The molecule has 0 saturated carbocycles. The third-order valence-corrected chi connectivity index (χ3v) is 4.41. The van der Waals surface area contributed by atoms with Crippen LogP contribution in [0.2, 0.25) is 5.02 Å². The number of nitrogens with one attached hydrogen (secondary N) is 1. The summed E-state index contributed by atoms with van der Waals surface area (Å²) in [6.45, 7) is 1.62. The fourth-order valence-electron chi connectivity index (χ4n) is 2.07. The first-order valence-corrected chi connectivity index (χ1v) is 7.76. The maximum absolute atomic E-state index is 12.3. The Labute approximate surface area is 139 Å². The molecule has 0 saturated heterocycles. The van der Waals surface area contributed by atoms with Gasteiger partial charge in [-0.3, -0.25) is 20.2 Å². The van der Waals surface area contributed by atoms with Gasteiger partial charge in [0.25, 0.3) is 11.6 Å². The van der Waals surface area contributed by atoms with E-state index in [1.54, 1.807) is 37.3 Å². The van der Waals surface area contributed by atoms with Gasteiger partial charge in [-0.05, 0) is 31.2 Å². The summed E-state index contributed by atoms with van der Waals surface area (Å²) in [6, 6.07) is 9.60. The predicted molar refractivity (Wildman–Crippen MR) is 90.4 cm³/mol. The lowest BCUT2D eigenvalue weighted by Crippen LogP contribution is -2.12. The molecular formula is C15H10ClN3O3S. The predicted octanol–water partition coefficient (Wildman–Crippen LogP) is 4.42. The van der Waals surface area contributed by atoms with Gasteiger partial charge in [0.1, 0.15) is 0 Å². The number of aromatic nitrogens is 1. The number of thiazole rings is 1. The highest BCUT2D eigenvalue weighted by Gasteiger charge is 2.16. The van der Waals surface area contributed by atoms with Crippen LogP contribution >= 0.6 is 22.9 Å². The second-order valence-corrected chi connectivity index (χ2v) is 6.31. The molecule has 23 heavy (non-hydrogen) atoms. The van der Waals surface area contributed by atoms with Crippen molar-refractivity contribution < 1.29 is 9.72 Å². The molecule has 3 aromatic rings. The van der Waals surface area contributed by atoms with Gasteiger partial charge in [0.15, 0.2) is 5.13 Å². The third kappa shape index (κ3) is 3.15. The van der Waals surface area contributed by atoms with Crippen LogP contribution in [0.5, 0.6) is 0 Å². The number of nitro benzene ring substituents is 1. The van der Waals surface area contributed by atoms with Crippen LogP contribution in [0.25, 0.3) is 10.2 Å². The van der Waals surface area contributed by atoms with Crippen molar-refractivity contribution in [3.05, 3.63) is 62.7 Å². The Balaban J connectivity index is 1.88. The van der Waals surface area contributed by atoms with Crippen LogP contribution < -0.4 is 5.32 Å². The van der Waals surface area contributed by atoms with E-state index < -0.39 is 10.8 Å². The maximum atomic E-state index is 12.3. The lowest BCUT2D eigenvalue weighted by atomic mass is 10.1. The highest BCUT2D eigenvalue weighted by atomic mass is 35.5. The number of nitro groups is 1. The number of rotatable bonds is 3. The van der Waals surface area contributed by atoms with E-state index in [2.05, 4.69) is 10.3 Å². The number of halogens is 1. The van der Waals surface area contributed by atoms with Crippen LogP contribution in [0.3, 0.4) is 0 Å². The van der Waals surface area contributed by atoms with E-state index in [0.29, 0.717) is 15.7 Å². The van der Waals surface area contributed by atoms with E-state index in [4.69, 9.17) is 11.6 Å². The Morgan fingerprint density at radius 1 is 1.30 bits per heavy atom. The van der Waals surface area contributed by atoms with Crippen molar-refractivity contribution >= 4 is 49.9 Å². The van der Waals surface area contributed by atoms with E-state index in [0.717, 1.165) is 10.2 Å². The first-order chi connectivity index (χ1) is 10.9. The molecule has 2 aromatic carbocycles. The number of benzene rings is 2. The summed E-state index contributed by atoms with van der Waals surface area (Å²) in [6.07, 6.45) is 0. The molecule has 6 nitrogen and oxygen atoms in total. The second kappa shape index (κ2) is 5.94. The van der Waals surface area contributed by atoms with Gasteiger partial charge < -0.3 is 0 Å². The molecule has 0 fully saturated rings. The number of carbonyl (C=O) groups is 1. The fourth-order valence-corrected chi connectivity index (χ4v) is 3.21. The summed E-state index contributed by atoms with van der Waals surface area (Å²) in [5.74, 6) is -0.446. The number of amides is 1. The number of anilines is 1. The van der Waals surface area contributed by atoms with Gasteiger partial charge in [0, 0.05) is 22.2 Å². The van der Waals surface area contributed by atoms with Gasteiger partial charge in [0.05, 0.1) is 15.1 Å². The minimum atomic E-state index is -0.508. The lowest BCUT2D eigenvalue weighted by molar-refractivity contribution is -0.385. The Morgan fingerprint density at radius 3 is 2.83 bits per heavy atom. The van der Waals surface area contributed by atoms with Crippen molar-refractivity contribution in [2.75, 3.05) is 5.32 Å². The molecule has 3 rings (SSSR count). The molecule has 0 aliphatic heterocycles. The molecule has 1 heterocycles. The van der Waals surface area contributed by atoms with Gasteiger partial charge in [0.2, 0.25) is 0 Å². The molecule has 0 bridgehead atoms. The number of carbonyl (C=O) groups excluding carboxylic acids is 1. The molecule has 1 amide bonds. The third-order valence-electron chi connectivity index (χ3n) is 3.24. The summed E-state index contributed by atoms with van der Waals surface area (Å²) < 4.78 is 0.850. The van der Waals surface area contributed by atoms with E-state index in [1.807, 2.05) is 0 Å². The monoisotopic (exact) mass is 347 g/mol. The smallest absolute Gasteiger partial charge is 0.273 e. The molecule has 0 aliphatic rings. The molecule has 8 heteroatoms. The quantitative estimate of drug-likeness (QED) is 0.561. The average Bonchev–Trinajstić information content (AvgIpc) is 2.88. The molecule has 1 N–H and O–H groups in total. The van der Waals surface area contributed by atoms with Crippen LogP contribution in [0.15, 0.2) is 36.4 Å². The summed E-state index contributed by atoms with van der Waals surface area (Å²) in [7, 11) is 0. The minimum Gasteiger partial charge on any atom is -0.298 e. The van der Waals surface area contributed by atoms with E-state index >= 15 is 0 Å².